The molecular weight excluding hydrogens is 184 g/mol. The van der Waals surface area contributed by atoms with Crippen LogP contribution in [0.1, 0.15) is 26.7 Å². The molecule has 2 aliphatic rings. The molecule has 0 radical (unpaired) electrons. The molecule has 1 aliphatic carbocycles. The minimum absolute atomic E-state index is 0.0409. The molecule has 0 bridgehead atoms. The van der Waals surface area contributed by atoms with Gasteiger partial charge in [-0.3, -0.25) is 0 Å². The van der Waals surface area contributed by atoms with Gasteiger partial charge in [0.15, 0.2) is 6.29 Å². The summed E-state index contributed by atoms with van der Waals surface area (Å²) in [6.07, 6.45) is -0.706. The highest BCUT2D eigenvalue weighted by Crippen LogP contribution is 2.34. The number of ether oxygens (including phenoxy) is 2. The zero-order valence-electron chi connectivity index (χ0n) is 8.59. The highest BCUT2D eigenvalue weighted by atomic mass is 16.7. The second-order valence-corrected chi connectivity index (χ2v) is 4.52. The van der Waals surface area contributed by atoms with E-state index < -0.39 is 12.2 Å². The summed E-state index contributed by atoms with van der Waals surface area (Å²) in [5, 5.41) is 19.2. The average Bonchev–Trinajstić information content (AvgIpc) is 2.56. The lowest BCUT2D eigenvalue weighted by Gasteiger charge is -2.31. The first-order valence-electron chi connectivity index (χ1n) is 5.26. The zero-order valence-corrected chi connectivity index (χ0v) is 8.59. The van der Waals surface area contributed by atoms with E-state index in [-0.39, 0.29) is 24.4 Å². The third-order valence-corrected chi connectivity index (χ3v) is 2.99. The second-order valence-electron chi connectivity index (χ2n) is 4.52. The van der Waals surface area contributed by atoms with Gasteiger partial charge >= 0.3 is 0 Å². The van der Waals surface area contributed by atoms with Crippen LogP contribution in [0.2, 0.25) is 0 Å². The Labute approximate surface area is 83.8 Å². The molecule has 1 heterocycles. The van der Waals surface area contributed by atoms with Crippen LogP contribution >= 0.6 is 0 Å². The fraction of sp³-hybridized carbons (Fsp3) is 1.00. The van der Waals surface area contributed by atoms with Gasteiger partial charge in [0, 0.05) is 5.92 Å². The first kappa shape index (κ1) is 10.4. The SMILES string of the molecule is CC(C)C1OC2CCC(O)C(O)C2O1. The molecule has 0 amide bonds. The lowest BCUT2D eigenvalue weighted by molar-refractivity contribution is -0.121. The number of aliphatic hydroxyl groups is 2. The van der Waals surface area contributed by atoms with Crippen LogP contribution in [0.4, 0.5) is 0 Å². The molecule has 82 valence electrons. The van der Waals surface area contributed by atoms with Gasteiger partial charge in [0.2, 0.25) is 0 Å². The van der Waals surface area contributed by atoms with Crippen molar-refractivity contribution < 1.29 is 19.7 Å². The highest BCUT2D eigenvalue weighted by molar-refractivity contribution is 4.92. The normalized spacial score (nSPS) is 48.2. The maximum Gasteiger partial charge on any atom is 0.160 e. The van der Waals surface area contributed by atoms with Crippen molar-refractivity contribution in [1.82, 2.24) is 0 Å². The highest BCUT2D eigenvalue weighted by Gasteiger charge is 2.46. The molecule has 1 saturated heterocycles. The van der Waals surface area contributed by atoms with Gasteiger partial charge in [-0.2, -0.15) is 0 Å². The Morgan fingerprint density at radius 3 is 2.50 bits per heavy atom. The third-order valence-electron chi connectivity index (χ3n) is 2.99. The van der Waals surface area contributed by atoms with Gasteiger partial charge in [0.05, 0.1) is 12.2 Å². The number of aliphatic hydroxyl groups excluding tert-OH is 2. The Morgan fingerprint density at radius 2 is 1.86 bits per heavy atom. The van der Waals surface area contributed by atoms with E-state index in [2.05, 4.69) is 0 Å². The Balaban J connectivity index is 2.02. The predicted octanol–water partition coefficient (Wildman–Crippen LogP) is 0.268. The van der Waals surface area contributed by atoms with E-state index >= 15 is 0 Å². The monoisotopic (exact) mass is 202 g/mol. The molecule has 0 aromatic rings. The topological polar surface area (TPSA) is 58.9 Å². The summed E-state index contributed by atoms with van der Waals surface area (Å²) >= 11 is 0. The van der Waals surface area contributed by atoms with Crippen LogP contribution < -0.4 is 0 Å². The summed E-state index contributed by atoms with van der Waals surface area (Å²) in [6, 6.07) is 0. The number of hydrogen-bond donors (Lipinski definition) is 2. The fourth-order valence-corrected chi connectivity index (χ4v) is 2.10. The summed E-state index contributed by atoms with van der Waals surface area (Å²) < 4.78 is 11.2. The van der Waals surface area contributed by atoms with Crippen molar-refractivity contribution in [3.63, 3.8) is 0 Å². The molecule has 0 aromatic heterocycles. The van der Waals surface area contributed by atoms with E-state index in [1.54, 1.807) is 0 Å². The van der Waals surface area contributed by atoms with Gasteiger partial charge in [-0.15, -0.1) is 0 Å². The maximum absolute atomic E-state index is 9.69. The van der Waals surface area contributed by atoms with Gasteiger partial charge in [0.1, 0.15) is 12.2 Å². The van der Waals surface area contributed by atoms with E-state index in [0.29, 0.717) is 6.42 Å². The van der Waals surface area contributed by atoms with E-state index in [1.807, 2.05) is 13.8 Å². The largest absolute Gasteiger partial charge is 0.390 e. The summed E-state index contributed by atoms with van der Waals surface area (Å²) in [7, 11) is 0. The van der Waals surface area contributed by atoms with E-state index in [0.717, 1.165) is 6.42 Å². The van der Waals surface area contributed by atoms with Crippen molar-refractivity contribution in [2.45, 2.75) is 57.4 Å². The van der Waals surface area contributed by atoms with Crippen LogP contribution in [0.5, 0.6) is 0 Å². The Hall–Kier alpha value is -0.160. The number of hydrogen-bond acceptors (Lipinski definition) is 4. The van der Waals surface area contributed by atoms with Crippen LogP contribution in [0.15, 0.2) is 0 Å². The quantitative estimate of drug-likeness (QED) is 0.640. The molecule has 5 atom stereocenters. The van der Waals surface area contributed by atoms with Gasteiger partial charge < -0.3 is 19.7 Å². The molecular formula is C10H18O4. The van der Waals surface area contributed by atoms with Crippen LogP contribution in [-0.2, 0) is 9.47 Å². The minimum Gasteiger partial charge on any atom is -0.390 e. The van der Waals surface area contributed by atoms with E-state index in [1.165, 1.54) is 0 Å². The fourth-order valence-electron chi connectivity index (χ4n) is 2.10. The van der Waals surface area contributed by atoms with Crippen molar-refractivity contribution >= 4 is 0 Å². The third kappa shape index (κ3) is 1.67. The lowest BCUT2D eigenvalue weighted by atomic mass is 9.90. The first-order chi connectivity index (χ1) is 6.59. The van der Waals surface area contributed by atoms with Crippen molar-refractivity contribution in [3.05, 3.63) is 0 Å². The van der Waals surface area contributed by atoms with Crippen LogP contribution in [-0.4, -0.2) is 40.9 Å². The molecule has 2 fully saturated rings. The second kappa shape index (κ2) is 3.77. The van der Waals surface area contributed by atoms with Crippen LogP contribution in [0.25, 0.3) is 0 Å². The summed E-state index contributed by atoms with van der Waals surface area (Å²) in [4.78, 5) is 0. The molecule has 1 aliphatic heterocycles. The molecule has 4 nitrogen and oxygen atoms in total. The van der Waals surface area contributed by atoms with Crippen molar-refractivity contribution in [2.75, 3.05) is 0 Å². The molecule has 1 saturated carbocycles. The van der Waals surface area contributed by atoms with Crippen molar-refractivity contribution in [3.8, 4) is 0 Å². The maximum atomic E-state index is 9.69. The van der Waals surface area contributed by atoms with E-state index in [4.69, 9.17) is 9.47 Å². The van der Waals surface area contributed by atoms with Gasteiger partial charge in [-0.1, -0.05) is 13.8 Å². The Bertz CT molecular complexity index is 206. The summed E-state index contributed by atoms with van der Waals surface area (Å²) in [6.45, 7) is 4.04. The minimum atomic E-state index is -0.794. The molecule has 5 unspecified atom stereocenters. The number of fused-ring (bicyclic) bond motifs is 1. The van der Waals surface area contributed by atoms with Crippen LogP contribution in [0.3, 0.4) is 0 Å². The van der Waals surface area contributed by atoms with Gasteiger partial charge in [-0.25, -0.2) is 0 Å². The molecule has 4 heteroatoms. The Kier molecular flexibility index (Phi) is 2.79. The van der Waals surface area contributed by atoms with Gasteiger partial charge in [-0.05, 0) is 12.8 Å². The van der Waals surface area contributed by atoms with E-state index in [9.17, 15) is 10.2 Å². The molecule has 0 aromatic carbocycles. The molecule has 14 heavy (non-hydrogen) atoms. The molecule has 0 spiro atoms. The molecule has 2 N–H and O–H groups in total. The standard InChI is InChI=1S/C10H18O4/c1-5(2)10-13-7-4-3-6(11)8(12)9(7)14-10/h5-12H,3-4H2,1-2H3. The van der Waals surface area contributed by atoms with Crippen LogP contribution in [0, 0.1) is 5.92 Å². The Morgan fingerprint density at radius 1 is 1.14 bits per heavy atom. The predicted molar refractivity (Wildman–Crippen MR) is 49.6 cm³/mol. The first-order valence-corrected chi connectivity index (χ1v) is 5.26. The molecule has 2 rings (SSSR count). The smallest absolute Gasteiger partial charge is 0.160 e. The summed E-state index contributed by atoms with van der Waals surface area (Å²) in [5.74, 6) is 0.282. The summed E-state index contributed by atoms with van der Waals surface area (Å²) in [5.41, 5.74) is 0. The van der Waals surface area contributed by atoms with Crippen molar-refractivity contribution in [2.24, 2.45) is 5.92 Å². The lowest BCUT2D eigenvalue weighted by Crippen LogP contribution is -2.47. The number of rotatable bonds is 1. The van der Waals surface area contributed by atoms with Crippen molar-refractivity contribution in [1.29, 1.82) is 0 Å². The average molecular weight is 202 g/mol. The van der Waals surface area contributed by atoms with Gasteiger partial charge in [0.25, 0.3) is 0 Å². The zero-order chi connectivity index (χ0) is 10.3.